The van der Waals surface area contributed by atoms with Gasteiger partial charge in [0, 0.05) is 13.1 Å². The van der Waals surface area contributed by atoms with E-state index in [1.165, 1.54) is 38.2 Å². The molecule has 0 heterocycles. The second-order valence-corrected chi connectivity index (χ2v) is 4.04. The summed E-state index contributed by atoms with van der Waals surface area (Å²) in [4.78, 5) is 33.9. The second kappa shape index (κ2) is 7.78. The van der Waals surface area contributed by atoms with E-state index >= 15 is 0 Å². The number of esters is 1. The maximum absolute atomic E-state index is 12.9. The van der Waals surface area contributed by atoms with Crippen LogP contribution >= 0.6 is 0 Å². The van der Waals surface area contributed by atoms with Gasteiger partial charge >= 0.3 is 12.0 Å². The van der Waals surface area contributed by atoms with Crippen LogP contribution in [0.15, 0.2) is 30.3 Å². The summed E-state index contributed by atoms with van der Waals surface area (Å²) >= 11 is 0. The highest BCUT2D eigenvalue weighted by Gasteiger charge is 2.18. The third-order valence-electron chi connectivity index (χ3n) is 2.39. The van der Waals surface area contributed by atoms with Gasteiger partial charge in [0.1, 0.15) is 5.82 Å². The molecule has 0 aliphatic rings. The number of rotatable bonds is 4. The Morgan fingerprint density at radius 1 is 1.33 bits per heavy atom. The van der Waals surface area contributed by atoms with Gasteiger partial charge < -0.3 is 10.1 Å². The smallest absolute Gasteiger partial charge is 0.331 e. The summed E-state index contributed by atoms with van der Waals surface area (Å²) in [5, 5.41) is 4.17. The van der Waals surface area contributed by atoms with Crippen LogP contribution in [0.3, 0.4) is 0 Å². The molecule has 0 fully saturated rings. The normalized spacial score (nSPS) is 11.8. The minimum absolute atomic E-state index is 0.427. The van der Waals surface area contributed by atoms with Gasteiger partial charge in [-0.3, -0.25) is 10.1 Å². The van der Waals surface area contributed by atoms with Crippen LogP contribution in [0.25, 0.3) is 6.08 Å². The van der Waals surface area contributed by atoms with Crippen molar-refractivity contribution in [3.8, 4) is 0 Å². The van der Waals surface area contributed by atoms with E-state index in [9.17, 15) is 18.8 Å². The highest BCUT2D eigenvalue weighted by atomic mass is 19.1. The van der Waals surface area contributed by atoms with E-state index < -0.39 is 29.8 Å². The zero-order chi connectivity index (χ0) is 15.8. The van der Waals surface area contributed by atoms with E-state index in [4.69, 9.17) is 4.74 Å². The second-order valence-electron chi connectivity index (χ2n) is 4.04. The van der Waals surface area contributed by atoms with E-state index in [1.807, 2.05) is 5.32 Å². The van der Waals surface area contributed by atoms with Crippen LogP contribution in [0.1, 0.15) is 12.5 Å². The first-order valence-corrected chi connectivity index (χ1v) is 6.09. The number of nitrogens with one attached hydrogen (secondary N) is 2. The Kier molecular flexibility index (Phi) is 6.06. The third-order valence-corrected chi connectivity index (χ3v) is 2.39. The van der Waals surface area contributed by atoms with Crippen LogP contribution < -0.4 is 10.6 Å². The molecule has 0 saturated heterocycles. The molecule has 3 amide bonds. The molecular weight excluding hydrogens is 279 g/mol. The van der Waals surface area contributed by atoms with Crippen LogP contribution in [0.5, 0.6) is 0 Å². The summed E-state index contributed by atoms with van der Waals surface area (Å²) in [6.07, 6.45) is 1.29. The van der Waals surface area contributed by atoms with E-state index in [1.54, 1.807) is 6.07 Å². The molecule has 1 aromatic carbocycles. The lowest BCUT2D eigenvalue weighted by Gasteiger charge is -2.11. The van der Waals surface area contributed by atoms with Crippen LogP contribution in [0.2, 0.25) is 0 Å². The fourth-order valence-corrected chi connectivity index (χ4v) is 1.32. The van der Waals surface area contributed by atoms with Crippen molar-refractivity contribution in [2.45, 2.75) is 13.0 Å². The quantitative estimate of drug-likeness (QED) is 0.646. The van der Waals surface area contributed by atoms with Gasteiger partial charge in [-0.1, -0.05) is 12.1 Å². The molecule has 0 aliphatic carbocycles. The van der Waals surface area contributed by atoms with Crippen molar-refractivity contribution in [1.29, 1.82) is 0 Å². The molecule has 0 spiro atoms. The van der Waals surface area contributed by atoms with E-state index in [0.29, 0.717) is 5.56 Å². The molecule has 0 unspecified atom stereocenters. The SMILES string of the molecule is CNC(=O)NC(=O)[C@H](C)OC(=O)/C=C/c1cccc(F)c1. The number of hydrogen-bond acceptors (Lipinski definition) is 4. The number of amides is 3. The Hall–Kier alpha value is -2.70. The van der Waals surface area contributed by atoms with E-state index in [-0.39, 0.29) is 0 Å². The van der Waals surface area contributed by atoms with Gasteiger partial charge in [0.05, 0.1) is 0 Å². The molecule has 6 nitrogen and oxygen atoms in total. The van der Waals surface area contributed by atoms with Crippen molar-refractivity contribution in [1.82, 2.24) is 10.6 Å². The summed E-state index contributed by atoms with van der Waals surface area (Å²) in [5.41, 5.74) is 0.481. The first-order chi connectivity index (χ1) is 9.92. The van der Waals surface area contributed by atoms with Crippen LogP contribution in [-0.2, 0) is 14.3 Å². The standard InChI is InChI=1S/C14H15FN2O4/c1-9(13(19)17-14(20)16-2)21-12(18)7-6-10-4-3-5-11(15)8-10/h3-9H,1-2H3,(H2,16,17,19,20)/b7-6+/t9-/m0/s1. The van der Waals surface area contributed by atoms with Crippen LogP contribution in [0, 0.1) is 5.82 Å². The Morgan fingerprint density at radius 3 is 2.67 bits per heavy atom. The average Bonchev–Trinajstić information content (AvgIpc) is 2.45. The van der Waals surface area contributed by atoms with Gasteiger partial charge in [0.25, 0.3) is 5.91 Å². The van der Waals surface area contributed by atoms with Gasteiger partial charge in [-0.25, -0.2) is 14.0 Å². The number of carbonyl (C=O) groups excluding carboxylic acids is 3. The van der Waals surface area contributed by atoms with Gasteiger partial charge in [0.2, 0.25) is 0 Å². The number of halogens is 1. The topological polar surface area (TPSA) is 84.5 Å². The molecule has 7 heteroatoms. The lowest BCUT2D eigenvalue weighted by molar-refractivity contribution is -0.149. The molecule has 0 saturated carbocycles. The van der Waals surface area contributed by atoms with Crippen molar-refractivity contribution in [2.24, 2.45) is 0 Å². The molecule has 0 bridgehead atoms. The summed E-state index contributed by atoms with van der Waals surface area (Å²) in [7, 11) is 1.35. The fraction of sp³-hybridized carbons (Fsp3) is 0.214. The van der Waals surface area contributed by atoms with Crippen molar-refractivity contribution < 1.29 is 23.5 Å². The first kappa shape index (κ1) is 16.4. The van der Waals surface area contributed by atoms with E-state index in [0.717, 1.165) is 6.08 Å². The van der Waals surface area contributed by atoms with Gasteiger partial charge in [-0.15, -0.1) is 0 Å². The molecule has 0 aromatic heterocycles. The van der Waals surface area contributed by atoms with Gasteiger partial charge in [-0.05, 0) is 30.7 Å². The maximum Gasteiger partial charge on any atom is 0.331 e. The lowest BCUT2D eigenvalue weighted by Crippen LogP contribution is -2.43. The Bertz CT molecular complexity index is 572. The van der Waals surface area contributed by atoms with Crippen molar-refractivity contribution in [2.75, 3.05) is 7.05 Å². The molecule has 2 N–H and O–H groups in total. The van der Waals surface area contributed by atoms with Gasteiger partial charge in [-0.2, -0.15) is 0 Å². The zero-order valence-corrected chi connectivity index (χ0v) is 11.6. The Morgan fingerprint density at radius 2 is 2.05 bits per heavy atom. The zero-order valence-electron chi connectivity index (χ0n) is 11.6. The number of carbonyl (C=O) groups is 3. The minimum atomic E-state index is -1.13. The largest absolute Gasteiger partial charge is 0.449 e. The molecule has 0 aliphatic heterocycles. The van der Waals surface area contributed by atoms with Crippen LogP contribution in [0.4, 0.5) is 9.18 Å². The molecule has 112 valence electrons. The minimum Gasteiger partial charge on any atom is -0.449 e. The first-order valence-electron chi connectivity index (χ1n) is 6.09. The number of benzene rings is 1. The predicted molar refractivity (Wildman–Crippen MR) is 73.6 cm³/mol. The number of ether oxygens (including phenoxy) is 1. The number of urea groups is 1. The van der Waals surface area contributed by atoms with E-state index in [2.05, 4.69) is 5.32 Å². The van der Waals surface area contributed by atoms with Crippen molar-refractivity contribution >= 4 is 24.0 Å². The predicted octanol–water partition coefficient (Wildman–Crippen LogP) is 1.23. The summed E-state index contributed by atoms with van der Waals surface area (Å²) in [6, 6.07) is 4.93. The summed E-state index contributed by atoms with van der Waals surface area (Å²) < 4.78 is 17.7. The molecule has 21 heavy (non-hydrogen) atoms. The van der Waals surface area contributed by atoms with Gasteiger partial charge in [0.15, 0.2) is 6.10 Å². The van der Waals surface area contributed by atoms with Crippen molar-refractivity contribution in [3.63, 3.8) is 0 Å². The third kappa shape index (κ3) is 5.85. The molecule has 1 aromatic rings. The fourth-order valence-electron chi connectivity index (χ4n) is 1.32. The lowest BCUT2D eigenvalue weighted by atomic mass is 10.2. The van der Waals surface area contributed by atoms with Crippen molar-refractivity contribution in [3.05, 3.63) is 41.7 Å². The highest BCUT2D eigenvalue weighted by molar-refractivity contribution is 5.97. The molecular formula is C14H15FN2O4. The Balaban J connectivity index is 2.53. The maximum atomic E-state index is 12.9. The molecule has 1 rings (SSSR count). The molecule has 0 radical (unpaired) electrons. The number of imide groups is 1. The Labute approximate surface area is 121 Å². The van der Waals surface area contributed by atoms with Crippen LogP contribution in [-0.4, -0.2) is 31.1 Å². The molecule has 1 atom stereocenters. The monoisotopic (exact) mass is 294 g/mol. The highest BCUT2D eigenvalue weighted by Crippen LogP contribution is 2.05. The summed E-state index contributed by atoms with van der Waals surface area (Å²) in [6.45, 7) is 1.33. The number of hydrogen-bond donors (Lipinski definition) is 2. The summed E-state index contributed by atoms with van der Waals surface area (Å²) in [5.74, 6) is -1.95. The average molecular weight is 294 g/mol.